The first-order valence-electron chi connectivity index (χ1n) is 5.52. The topological polar surface area (TPSA) is 41.9 Å². The van der Waals surface area contributed by atoms with E-state index >= 15 is 0 Å². The minimum absolute atomic E-state index is 0.325. The number of allylic oxidation sites excluding steroid dienone is 3. The van der Waals surface area contributed by atoms with Gasteiger partial charge in [-0.3, -0.25) is 5.01 Å². The van der Waals surface area contributed by atoms with E-state index in [1.165, 1.54) is 5.01 Å². The van der Waals surface area contributed by atoms with Gasteiger partial charge in [0.15, 0.2) is 0 Å². The standard InChI is InChI=1S/C13H20N2O2/c1-6-9-10-12(15(5)14-4)11(7-2)13(16)17-8-3/h6,9-10H,1,4,7-8H2,2-3,5H3/b10-9-,12-11+. The van der Waals surface area contributed by atoms with Crippen molar-refractivity contribution in [3.63, 3.8) is 0 Å². The molecule has 4 heteroatoms. The molecule has 0 N–H and O–H groups in total. The number of hydrogen-bond acceptors (Lipinski definition) is 4. The van der Waals surface area contributed by atoms with Gasteiger partial charge in [-0.25, -0.2) is 4.79 Å². The summed E-state index contributed by atoms with van der Waals surface area (Å²) in [5.41, 5.74) is 1.24. The summed E-state index contributed by atoms with van der Waals surface area (Å²) in [6.07, 6.45) is 5.70. The molecule has 0 bridgehead atoms. The third-order valence-electron chi connectivity index (χ3n) is 2.14. The summed E-state index contributed by atoms with van der Waals surface area (Å²) in [6.45, 7) is 11.1. The average molecular weight is 236 g/mol. The molecule has 0 aromatic heterocycles. The van der Waals surface area contributed by atoms with E-state index in [1.807, 2.05) is 6.92 Å². The molecule has 0 heterocycles. The maximum absolute atomic E-state index is 11.8. The molecule has 0 amide bonds. The fraction of sp³-hybridized carbons (Fsp3) is 0.385. The summed E-state index contributed by atoms with van der Waals surface area (Å²) in [7, 11) is 1.73. The van der Waals surface area contributed by atoms with Crippen LogP contribution in [0.1, 0.15) is 20.3 Å². The fourth-order valence-corrected chi connectivity index (χ4v) is 1.29. The Bertz CT molecular complexity index is 343. The normalized spacial score (nSPS) is 11.9. The van der Waals surface area contributed by atoms with Crippen LogP contribution in [0.4, 0.5) is 0 Å². The van der Waals surface area contributed by atoms with Crippen molar-refractivity contribution in [1.29, 1.82) is 0 Å². The summed E-state index contributed by atoms with van der Waals surface area (Å²) in [6, 6.07) is 0. The van der Waals surface area contributed by atoms with E-state index in [0.29, 0.717) is 24.3 Å². The van der Waals surface area contributed by atoms with Gasteiger partial charge in [0.25, 0.3) is 0 Å². The Labute approximate surface area is 103 Å². The second-order valence-electron chi connectivity index (χ2n) is 3.20. The Hall–Kier alpha value is -1.84. The van der Waals surface area contributed by atoms with E-state index < -0.39 is 0 Å². The Morgan fingerprint density at radius 2 is 2.12 bits per heavy atom. The van der Waals surface area contributed by atoms with Gasteiger partial charge in [0.2, 0.25) is 0 Å². The summed E-state index contributed by atoms with van der Waals surface area (Å²) < 4.78 is 5.01. The highest BCUT2D eigenvalue weighted by Gasteiger charge is 2.15. The van der Waals surface area contributed by atoms with Crippen LogP contribution >= 0.6 is 0 Å². The van der Waals surface area contributed by atoms with Gasteiger partial charge >= 0.3 is 5.97 Å². The molecule has 0 aromatic carbocycles. The molecule has 0 spiro atoms. The minimum Gasteiger partial charge on any atom is -0.463 e. The zero-order valence-electron chi connectivity index (χ0n) is 10.8. The number of esters is 1. The van der Waals surface area contributed by atoms with E-state index in [2.05, 4.69) is 18.4 Å². The van der Waals surface area contributed by atoms with Crippen molar-refractivity contribution < 1.29 is 9.53 Å². The smallest absolute Gasteiger partial charge is 0.336 e. The second-order valence-corrected chi connectivity index (χ2v) is 3.20. The predicted octanol–water partition coefficient (Wildman–Crippen LogP) is 2.50. The van der Waals surface area contributed by atoms with Crippen LogP contribution in [0.5, 0.6) is 0 Å². The van der Waals surface area contributed by atoms with Crippen LogP contribution in [0.3, 0.4) is 0 Å². The third kappa shape index (κ3) is 4.68. The lowest BCUT2D eigenvalue weighted by molar-refractivity contribution is -0.138. The monoisotopic (exact) mass is 236 g/mol. The third-order valence-corrected chi connectivity index (χ3v) is 2.14. The van der Waals surface area contributed by atoms with Crippen LogP contribution in [-0.2, 0) is 9.53 Å². The largest absolute Gasteiger partial charge is 0.463 e. The van der Waals surface area contributed by atoms with Crippen LogP contribution in [0.15, 0.2) is 41.2 Å². The van der Waals surface area contributed by atoms with Gasteiger partial charge < -0.3 is 4.74 Å². The lowest BCUT2D eigenvalue weighted by Gasteiger charge is -2.17. The molecule has 0 saturated carbocycles. The molecule has 0 atom stereocenters. The van der Waals surface area contributed by atoms with Crippen molar-refractivity contribution in [2.45, 2.75) is 20.3 Å². The number of likely N-dealkylation sites (N-methyl/N-ethyl adjacent to an activating group) is 1. The molecule has 17 heavy (non-hydrogen) atoms. The summed E-state index contributed by atoms with van der Waals surface area (Å²) in [5, 5.41) is 5.32. The van der Waals surface area contributed by atoms with Gasteiger partial charge in [-0.2, -0.15) is 5.10 Å². The number of rotatable bonds is 7. The molecule has 0 aliphatic heterocycles. The Kier molecular flexibility index (Phi) is 7.43. The molecule has 0 fully saturated rings. The highest BCUT2D eigenvalue weighted by molar-refractivity contribution is 5.89. The van der Waals surface area contributed by atoms with Gasteiger partial charge in [-0.15, -0.1) is 0 Å². The van der Waals surface area contributed by atoms with Crippen LogP contribution in [-0.4, -0.2) is 31.4 Å². The SMILES string of the molecule is C=C/C=C\C(=C(\CC)C(=O)OCC)N(C)N=C. The minimum atomic E-state index is -0.325. The lowest BCUT2D eigenvalue weighted by Crippen LogP contribution is -2.17. The van der Waals surface area contributed by atoms with Gasteiger partial charge in [0, 0.05) is 13.8 Å². The molecule has 4 nitrogen and oxygen atoms in total. The molecule has 0 unspecified atom stereocenters. The Balaban J connectivity index is 5.41. The van der Waals surface area contributed by atoms with E-state index in [0.717, 1.165) is 0 Å². The van der Waals surface area contributed by atoms with Crippen molar-refractivity contribution in [3.8, 4) is 0 Å². The van der Waals surface area contributed by atoms with Gasteiger partial charge in [-0.05, 0) is 19.4 Å². The average Bonchev–Trinajstić information content (AvgIpc) is 2.33. The molecule has 0 saturated heterocycles. The van der Waals surface area contributed by atoms with Crippen LogP contribution in [0, 0.1) is 0 Å². The molecule has 0 radical (unpaired) electrons. The molecular weight excluding hydrogens is 216 g/mol. The zero-order valence-corrected chi connectivity index (χ0v) is 10.8. The summed E-state index contributed by atoms with van der Waals surface area (Å²) in [4.78, 5) is 11.8. The number of ether oxygens (including phenoxy) is 1. The van der Waals surface area contributed by atoms with E-state index in [4.69, 9.17) is 4.74 Å². The van der Waals surface area contributed by atoms with E-state index in [9.17, 15) is 4.79 Å². The lowest BCUT2D eigenvalue weighted by atomic mass is 10.1. The molecule has 0 aliphatic carbocycles. The summed E-state index contributed by atoms with van der Waals surface area (Å²) >= 11 is 0. The summed E-state index contributed by atoms with van der Waals surface area (Å²) in [5.74, 6) is -0.325. The number of carbonyl (C=O) groups is 1. The molecule has 0 rings (SSSR count). The second kappa shape index (κ2) is 8.33. The van der Waals surface area contributed by atoms with Crippen LogP contribution in [0.25, 0.3) is 0 Å². The van der Waals surface area contributed by atoms with Crippen molar-refractivity contribution in [2.75, 3.05) is 13.7 Å². The van der Waals surface area contributed by atoms with Crippen molar-refractivity contribution in [3.05, 3.63) is 36.1 Å². The van der Waals surface area contributed by atoms with E-state index in [-0.39, 0.29) is 5.97 Å². The van der Waals surface area contributed by atoms with Gasteiger partial charge in [0.1, 0.15) is 0 Å². The Morgan fingerprint density at radius 1 is 1.47 bits per heavy atom. The molecule has 0 aromatic rings. The van der Waals surface area contributed by atoms with Crippen molar-refractivity contribution >= 4 is 12.7 Å². The highest BCUT2D eigenvalue weighted by atomic mass is 16.5. The number of hydrogen-bond donors (Lipinski definition) is 0. The quantitative estimate of drug-likeness (QED) is 0.224. The molecule has 0 aliphatic rings. The van der Waals surface area contributed by atoms with Gasteiger partial charge in [-0.1, -0.05) is 25.7 Å². The van der Waals surface area contributed by atoms with Crippen molar-refractivity contribution in [2.24, 2.45) is 5.10 Å². The van der Waals surface area contributed by atoms with Gasteiger partial charge in [0.05, 0.1) is 17.9 Å². The van der Waals surface area contributed by atoms with Crippen LogP contribution in [0.2, 0.25) is 0 Å². The zero-order chi connectivity index (χ0) is 13.3. The number of nitrogens with zero attached hydrogens (tertiary/aromatic N) is 2. The first-order valence-corrected chi connectivity index (χ1v) is 5.52. The fourth-order valence-electron chi connectivity index (χ4n) is 1.29. The Morgan fingerprint density at radius 3 is 2.53 bits per heavy atom. The highest BCUT2D eigenvalue weighted by Crippen LogP contribution is 2.16. The maximum Gasteiger partial charge on any atom is 0.336 e. The van der Waals surface area contributed by atoms with Crippen LogP contribution < -0.4 is 0 Å². The number of carbonyl (C=O) groups excluding carboxylic acids is 1. The van der Waals surface area contributed by atoms with E-state index in [1.54, 1.807) is 32.2 Å². The maximum atomic E-state index is 11.8. The first-order chi connectivity index (χ1) is 8.12. The van der Waals surface area contributed by atoms with Crippen molar-refractivity contribution in [1.82, 2.24) is 5.01 Å². The predicted molar refractivity (Wildman–Crippen MR) is 70.6 cm³/mol. The number of hydrazone groups is 1. The first kappa shape index (κ1) is 15.2. The molecular formula is C13H20N2O2. The molecule has 94 valence electrons.